The van der Waals surface area contributed by atoms with Gasteiger partial charge in [-0.05, 0) is 25.0 Å². The molecule has 1 heterocycles. The van der Waals surface area contributed by atoms with Crippen molar-refractivity contribution in [3.63, 3.8) is 0 Å². The van der Waals surface area contributed by atoms with Crippen LogP contribution in [0.5, 0.6) is 0 Å². The Kier molecular flexibility index (Phi) is 5.32. The largest absolute Gasteiger partial charge is 0.480 e. The first-order chi connectivity index (χ1) is 10.9. The van der Waals surface area contributed by atoms with Crippen LogP contribution in [-0.2, 0) is 19.6 Å². The van der Waals surface area contributed by atoms with Crippen LogP contribution in [0.1, 0.15) is 12.8 Å². The average Bonchev–Trinajstić information content (AvgIpc) is 3.03. The van der Waals surface area contributed by atoms with Gasteiger partial charge in [-0.1, -0.05) is 18.2 Å². The molecule has 0 radical (unpaired) electrons. The summed E-state index contributed by atoms with van der Waals surface area (Å²) in [6.45, 7) is -1.11. The average molecular weight is 344 g/mol. The summed E-state index contributed by atoms with van der Waals surface area (Å²) in [5.74, 6) is -2.30. The molecule has 0 spiro atoms. The topological polar surface area (TPSA) is 104 Å². The smallest absolute Gasteiger partial charge is 0.328 e. The lowest BCUT2D eigenvalue weighted by molar-refractivity contribution is -0.142. The molecule has 9 heteroatoms. The second kappa shape index (κ2) is 7.05. The Labute approximate surface area is 133 Å². The Balaban J connectivity index is 2.20. The maximum Gasteiger partial charge on any atom is 0.328 e. The summed E-state index contributed by atoms with van der Waals surface area (Å²) in [5, 5.41) is 10.8. The monoisotopic (exact) mass is 344 g/mol. The number of sulfonamides is 1. The molecule has 2 N–H and O–H groups in total. The molecule has 2 unspecified atom stereocenters. The van der Waals surface area contributed by atoms with E-state index in [1.165, 1.54) is 12.1 Å². The van der Waals surface area contributed by atoms with E-state index in [1.54, 1.807) is 18.2 Å². The van der Waals surface area contributed by atoms with Crippen molar-refractivity contribution >= 4 is 21.9 Å². The van der Waals surface area contributed by atoms with E-state index < -0.39 is 40.7 Å². The molecule has 1 aromatic carbocycles. The van der Waals surface area contributed by atoms with Gasteiger partial charge in [-0.15, -0.1) is 0 Å². The van der Waals surface area contributed by atoms with Gasteiger partial charge in [0.25, 0.3) is 0 Å². The molecule has 1 saturated heterocycles. The molecule has 0 bridgehead atoms. The van der Waals surface area contributed by atoms with Crippen molar-refractivity contribution in [2.24, 2.45) is 0 Å². The number of rotatable bonds is 6. The molecule has 1 aromatic rings. The van der Waals surface area contributed by atoms with Crippen molar-refractivity contribution in [2.75, 3.05) is 13.2 Å². The zero-order valence-corrected chi connectivity index (χ0v) is 13.0. The normalized spacial score (nSPS) is 20.1. The predicted octanol–water partition coefficient (Wildman–Crippen LogP) is 0.379. The molecule has 7 nitrogen and oxygen atoms in total. The Hall–Kier alpha value is -2.00. The summed E-state index contributed by atoms with van der Waals surface area (Å²) in [7, 11) is -3.86. The predicted molar refractivity (Wildman–Crippen MR) is 78.9 cm³/mol. The lowest BCUT2D eigenvalue weighted by atomic mass is 10.2. The van der Waals surface area contributed by atoms with Crippen molar-refractivity contribution in [2.45, 2.75) is 29.8 Å². The summed E-state index contributed by atoms with van der Waals surface area (Å²) in [5.41, 5.74) is 0. The zero-order chi connectivity index (χ0) is 17.0. The highest BCUT2D eigenvalue weighted by Gasteiger charge is 2.40. The van der Waals surface area contributed by atoms with Gasteiger partial charge in [0.1, 0.15) is 12.7 Å². The lowest BCUT2D eigenvalue weighted by Crippen LogP contribution is -2.51. The Bertz CT molecular complexity index is 680. The summed E-state index contributed by atoms with van der Waals surface area (Å²) < 4.78 is 38.8. The molecule has 2 atom stereocenters. The van der Waals surface area contributed by atoms with Crippen LogP contribution >= 0.6 is 0 Å². The third-order valence-corrected chi connectivity index (χ3v) is 5.55. The van der Waals surface area contributed by atoms with Gasteiger partial charge >= 0.3 is 5.97 Å². The third-order valence-electron chi connectivity index (χ3n) is 3.63. The van der Waals surface area contributed by atoms with Crippen LogP contribution in [-0.4, -0.2) is 55.0 Å². The van der Waals surface area contributed by atoms with E-state index in [9.17, 15) is 22.4 Å². The van der Waals surface area contributed by atoms with E-state index in [4.69, 9.17) is 5.11 Å². The molecule has 1 aliphatic rings. The lowest BCUT2D eigenvalue weighted by Gasteiger charge is -2.24. The van der Waals surface area contributed by atoms with Crippen molar-refractivity contribution in [3.05, 3.63) is 30.3 Å². The molecule has 1 aliphatic heterocycles. The first-order valence-corrected chi connectivity index (χ1v) is 8.48. The molecular formula is C14H17FN2O5S. The SMILES string of the molecule is O=C(O)C(CF)NC(=O)C1CCCN1S(=O)(=O)c1ccccc1. The highest BCUT2D eigenvalue weighted by atomic mass is 32.2. The first-order valence-electron chi connectivity index (χ1n) is 7.04. The number of carbonyl (C=O) groups excluding carboxylic acids is 1. The van der Waals surface area contributed by atoms with Crippen molar-refractivity contribution in [1.29, 1.82) is 0 Å². The van der Waals surface area contributed by atoms with Gasteiger partial charge in [-0.3, -0.25) is 4.79 Å². The summed E-state index contributed by atoms with van der Waals surface area (Å²) in [4.78, 5) is 23.0. The van der Waals surface area contributed by atoms with E-state index in [2.05, 4.69) is 0 Å². The molecular weight excluding hydrogens is 327 g/mol. The van der Waals surface area contributed by atoms with Crippen LogP contribution in [0.2, 0.25) is 0 Å². The van der Waals surface area contributed by atoms with Gasteiger partial charge < -0.3 is 10.4 Å². The van der Waals surface area contributed by atoms with Crippen LogP contribution in [0.3, 0.4) is 0 Å². The van der Waals surface area contributed by atoms with E-state index in [0.717, 1.165) is 4.31 Å². The van der Waals surface area contributed by atoms with Gasteiger partial charge in [0, 0.05) is 6.54 Å². The number of nitrogens with zero attached hydrogens (tertiary/aromatic N) is 1. The van der Waals surface area contributed by atoms with E-state index in [0.29, 0.717) is 6.42 Å². The Morgan fingerprint density at radius 2 is 2.00 bits per heavy atom. The number of aliphatic carboxylic acids is 1. The number of carboxylic acids is 1. The Morgan fingerprint density at radius 3 is 2.57 bits per heavy atom. The summed E-state index contributed by atoms with van der Waals surface area (Å²) >= 11 is 0. The van der Waals surface area contributed by atoms with Gasteiger partial charge in [-0.25, -0.2) is 17.6 Å². The van der Waals surface area contributed by atoms with Crippen LogP contribution < -0.4 is 5.32 Å². The molecule has 0 saturated carbocycles. The number of halogens is 1. The fraction of sp³-hybridized carbons (Fsp3) is 0.429. The van der Waals surface area contributed by atoms with Crippen LogP contribution in [0, 0.1) is 0 Å². The van der Waals surface area contributed by atoms with E-state index >= 15 is 0 Å². The number of hydrogen-bond acceptors (Lipinski definition) is 4. The van der Waals surface area contributed by atoms with Gasteiger partial charge in [-0.2, -0.15) is 4.31 Å². The Morgan fingerprint density at radius 1 is 1.35 bits per heavy atom. The summed E-state index contributed by atoms with van der Waals surface area (Å²) in [6.07, 6.45) is 0.730. The molecule has 1 amide bonds. The molecule has 23 heavy (non-hydrogen) atoms. The summed E-state index contributed by atoms with van der Waals surface area (Å²) in [6, 6.07) is 4.95. The van der Waals surface area contributed by atoms with Crippen LogP contribution in [0.4, 0.5) is 4.39 Å². The number of benzene rings is 1. The highest BCUT2D eigenvalue weighted by Crippen LogP contribution is 2.26. The molecule has 0 aliphatic carbocycles. The molecule has 2 rings (SSSR count). The van der Waals surface area contributed by atoms with Crippen molar-refractivity contribution in [3.8, 4) is 0 Å². The number of alkyl halides is 1. The third kappa shape index (κ3) is 3.67. The minimum absolute atomic E-state index is 0.0555. The minimum Gasteiger partial charge on any atom is -0.480 e. The fourth-order valence-electron chi connectivity index (χ4n) is 2.45. The quantitative estimate of drug-likeness (QED) is 0.776. The van der Waals surface area contributed by atoms with Gasteiger partial charge in [0.15, 0.2) is 6.04 Å². The standard InChI is InChI=1S/C14H17FN2O5S/c15-9-11(14(19)20)16-13(18)12-7-4-8-17(12)23(21,22)10-5-2-1-3-6-10/h1-3,5-6,11-12H,4,7-9H2,(H,16,18)(H,19,20). The maximum absolute atomic E-state index is 12.6. The number of carbonyl (C=O) groups is 2. The number of carboxylic acid groups (broad SMARTS) is 1. The van der Waals surface area contributed by atoms with Crippen LogP contribution in [0.25, 0.3) is 0 Å². The van der Waals surface area contributed by atoms with E-state index in [1.807, 2.05) is 5.32 Å². The fourth-order valence-corrected chi connectivity index (χ4v) is 4.13. The number of hydrogen-bond donors (Lipinski definition) is 2. The second-order valence-corrected chi connectivity index (χ2v) is 7.03. The maximum atomic E-state index is 12.6. The van der Waals surface area contributed by atoms with Crippen LogP contribution in [0.15, 0.2) is 35.2 Å². The van der Waals surface area contributed by atoms with Gasteiger partial charge in [0.2, 0.25) is 15.9 Å². The molecule has 0 aromatic heterocycles. The molecule has 126 valence electrons. The number of nitrogens with one attached hydrogen (secondary N) is 1. The van der Waals surface area contributed by atoms with Crippen molar-refractivity contribution in [1.82, 2.24) is 9.62 Å². The minimum atomic E-state index is -3.86. The second-order valence-electron chi connectivity index (χ2n) is 5.14. The first kappa shape index (κ1) is 17.4. The highest BCUT2D eigenvalue weighted by molar-refractivity contribution is 7.89. The molecule has 1 fully saturated rings. The van der Waals surface area contributed by atoms with Crippen molar-refractivity contribution < 1.29 is 27.5 Å². The van der Waals surface area contributed by atoms with E-state index in [-0.39, 0.29) is 17.9 Å². The zero-order valence-electron chi connectivity index (χ0n) is 12.2. The number of amides is 1. The van der Waals surface area contributed by atoms with Gasteiger partial charge in [0.05, 0.1) is 4.90 Å².